The summed E-state index contributed by atoms with van der Waals surface area (Å²) in [6.45, 7) is -0.523. The first-order valence-electron chi connectivity index (χ1n) is 9.73. The van der Waals surface area contributed by atoms with E-state index in [2.05, 4.69) is 10.0 Å². The van der Waals surface area contributed by atoms with E-state index in [1.54, 1.807) is 48.5 Å². The molecule has 0 aliphatic rings. The summed E-state index contributed by atoms with van der Waals surface area (Å²) in [6.07, 6.45) is 0. The monoisotopic (exact) mass is 488 g/mol. The maximum Gasteiger partial charge on any atom is 0.338 e. The lowest BCUT2D eigenvalue weighted by molar-refractivity contribution is -0.119. The Labute approximate surface area is 196 Å². The Morgan fingerprint density at radius 2 is 1.67 bits per heavy atom. The number of ether oxygens (including phenoxy) is 2. The highest BCUT2D eigenvalue weighted by atomic mass is 35.5. The van der Waals surface area contributed by atoms with Gasteiger partial charge in [-0.15, -0.1) is 0 Å². The summed E-state index contributed by atoms with van der Waals surface area (Å²) < 4.78 is 38.0. The Kier molecular flexibility index (Phi) is 8.05. The molecule has 10 heteroatoms. The zero-order chi connectivity index (χ0) is 23.8. The molecule has 172 valence electrons. The van der Waals surface area contributed by atoms with Crippen molar-refractivity contribution in [3.63, 3.8) is 0 Å². The van der Waals surface area contributed by atoms with Crippen molar-refractivity contribution in [2.45, 2.75) is 11.4 Å². The first kappa shape index (κ1) is 24.2. The molecule has 0 saturated heterocycles. The summed E-state index contributed by atoms with van der Waals surface area (Å²) in [7, 11) is -2.54. The molecule has 0 aliphatic carbocycles. The van der Waals surface area contributed by atoms with Crippen molar-refractivity contribution in [2.24, 2.45) is 0 Å². The van der Waals surface area contributed by atoms with Gasteiger partial charge in [0.1, 0.15) is 10.6 Å². The van der Waals surface area contributed by atoms with E-state index in [0.717, 1.165) is 11.6 Å². The van der Waals surface area contributed by atoms with E-state index in [4.69, 9.17) is 21.1 Å². The normalized spacial score (nSPS) is 11.0. The first-order chi connectivity index (χ1) is 15.8. The van der Waals surface area contributed by atoms with Gasteiger partial charge in [-0.2, -0.15) is 0 Å². The molecule has 8 nitrogen and oxygen atoms in total. The van der Waals surface area contributed by atoms with Gasteiger partial charge in [-0.3, -0.25) is 4.79 Å². The summed E-state index contributed by atoms with van der Waals surface area (Å²) in [5.41, 5.74) is 1.11. The highest BCUT2D eigenvalue weighted by Crippen LogP contribution is 2.24. The number of methoxy groups -OCH3 is 1. The molecule has 0 aliphatic heterocycles. The van der Waals surface area contributed by atoms with Gasteiger partial charge < -0.3 is 14.8 Å². The third-order valence-corrected chi connectivity index (χ3v) is 6.36. The van der Waals surface area contributed by atoms with Crippen LogP contribution in [0.2, 0.25) is 5.02 Å². The second-order valence-corrected chi connectivity index (χ2v) is 8.92. The van der Waals surface area contributed by atoms with E-state index < -0.39 is 28.5 Å². The molecule has 0 saturated carbocycles. The fourth-order valence-corrected chi connectivity index (χ4v) is 4.38. The van der Waals surface area contributed by atoms with Crippen LogP contribution in [0.4, 0.5) is 5.69 Å². The van der Waals surface area contributed by atoms with Crippen LogP contribution in [-0.4, -0.2) is 34.0 Å². The van der Waals surface area contributed by atoms with Crippen molar-refractivity contribution in [1.82, 2.24) is 4.72 Å². The van der Waals surface area contributed by atoms with Crippen LogP contribution in [-0.2, 0) is 26.1 Å². The van der Waals surface area contributed by atoms with Gasteiger partial charge >= 0.3 is 5.97 Å². The number of hydrogen-bond acceptors (Lipinski definition) is 6. The molecule has 0 fully saturated rings. The second kappa shape index (κ2) is 11.0. The lowest BCUT2D eigenvalue weighted by Crippen LogP contribution is -2.24. The molecule has 0 unspecified atom stereocenters. The van der Waals surface area contributed by atoms with E-state index in [0.29, 0.717) is 11.4 Å². The number of anilines is 1. The molecule has 3 aromatic rings. The van der Waals surface area contributed by atoms with Gasteiger partial charge in [-0.1, -0.05) is 54.1 Å². The van der Waals surface area contributed by atoms with Crippen LogP contribution >= 0.6 is 11.6 Å². The molecule has 1 amide bonds. The molecule has 0 heterocycles. The Hall–Kier alpha value is -3.40. The minimum atomic E-state index is -4.01. The lowest BCUT2D eigenvalue weighted by Gasteiger charge is -2.11. The number of halogens is 1. The molecule has 33 heavy (non-hydrogen) atoms. The number of esters is 1. The molecule has 2 N–H and O–H groups in total. The van der Waals surface area contributed by atoms with Crippen LogP contribution < -0.4 is 14.8 Å². The van der Waals surface area contributed by atoms with Gasteiger partial charge in [0.2, 0.25) is 10.0 Å². The van der Waals surface area contributed by atoms with E-state index in [1.165, 1.54) is 19.2 Å². The smallest absolute Gasteiger partial charge is 0.338 e. The zero-order valence-electron chi connectivity index (χ0n) is 17.6. The summed E-state index contributed by atoms with van der Waals surface area (Å²) in [5, 5.41) is 2.52. The van der Waals surface area contributed by atoms with Gasteiger partial charge in [0.25, 0.3) is 5.91 Å². The van der Waals surface area contributed by atoms with Gasteiger partial charge in [-0.25, -0.2) is 17.9 Å². The summed E-state index contributed by atoms with van der Waals surface area (Å²) in [4.78, 5) is 24.3. The third kappa shape index (κ3) is 6.55. The van der Waals surface area contributed by atoms with Crippen molar-refractivity contribution in [1.29, 1.82) is 0 Å². The average Bonchev–Trinajstić information content (AvgIpc) is 2.82. The molecule has 3 rings (SSSR count). The zero-order valence-corrected chi connectivity index (χ0v) is 19.2. The molecular weight excluding hydrogens is 468 g/mol. The SMILES string of the molecule is COc1ccccc1NC(=O)COC(=O)c1ccc(Cl)c(S(=O)(=O)NCc2ccccc2)c1. The fraction of sp³-hybridized carbons (Fsp3) is 0.130. The first-order valence-corrected chi connectivity index (χ1v) is 11.6. The average molecular weight is 489 g/mol. The van der Waals surface area contributed by atoms with Crippen molar-refractivity contribution in [3.05, 3.63) is 88.9 Å². The van der Waals surface area contributed by atoms with Crippen LogP contribution in [0.1, 0.15) is 15.9 Å². The largest absolute Gasteiger partial charge is 0.495 e. The van der Waals surface area contributed by atoms with Gasteiger partial charge in [0, 0.05) is 6.54 Å². The minimum Gasteiger partial charge on any atom is -0.495 e. The quantitative estimate of drug-likeness (QED) is 0.445. The van der Waals surface area contributed by atoms with Crippen LogP contribution in [0.3, 0.4) is 0 Å². The molecule has 0 atom stereocenters. The highest BCUT2D eigenvalue weighted by molar-refractivity contribution is 7.89. The Bertz CT molecular complexity index is 1250. The summed E-state index contributed by atoms with van der Waals surface area (Å²) in [6, 6.07) is 19.4. The van der Waals surface area contributed by atoms with Crippen molar-refractivity contribution in [2.75, 3.05) is 19.0 Å². The van der Waals surface area contributed by atoms with Crippen molar-refractivity contribution < 1.29 is 27.5 Å². The molecule has 0 radical (unpaired) electrons. The number of amides is 1. The number of hydrogen-bond donors (Lipinski definition) is 2. The molecular formula is C23H21ClN2O6S. The van der Waals surface area contributed by atoms with Crippen LogP contribution in [0.5, 0.6) is 5.75 Å². The molecule has 3 aromatic carbocycles. The predicted molar refractivity (Wildman–Crippen MR) is 124 cm³/mol. The number of carbonyl (C=O) groups excluding carboxylic acids is 2. The minimum absolute atomic E-state index is 0.0529. The van der Waals surface area contributed by atoms with Gasteiger partial charge in [-0.05, 0) is 35.9 Å². The Balaban J connectivity index is 1.65. The fourth-order valence-electron chi connectivity index (χ4n) is 2.84. The molecule has 0 aromatic heterocycles. The predicted octanol–water partition coefficient (Wildman–Crippen LogP) is 3.62. The Morgan fingerprint density at radius 3 is 2.39 bits per heavy atom. The number of carbonyl (C=O) groups is 2. The third-order valence-electron chi connectivity index (χ3n) is 4.48. The van der Waals surface area contributed by atoms with E-state index in [9.17, 15) is 18.0 Å². The van der Waals surface area contributed by atoms with Crippen LogP contribution in [0, 0.1) is 0 Å². The lowest BCUT2D eigenvalue weighted by atomic mass is 10.2. The Morgan fingerprint density at radius 1 is 0.970 bits per heavy atom. The second-order valence-electron chi connectivity index (χ2n) is 6.78. The summed E-state index contributed by atoms with van der Waals surface area (Å²) in [5.74, 6) is -1.01. The standard InChI is InChI=1S/C23H21ClN2O6S/c1-31-20-10-6-5-9-19(20)26-22(27)15-32-23(28)17-11-12-18(24)21(13-17)33(29,30)25-14-16-7-3-2-4-8-16/h2-13,25H,14-15H2,1H3,(H,26,27). The number of nitrogens with one attached hydrogen (secondary N) is 2. The number of sulfonamides is 1. The van der Waals surface area contributed by atoms with Gasteiger partial charge in [0.05, 0.1) is 23.4 Å². The van der Waals surface area contributed by atoms with Crippen LogP contribution in [0.15, 0.2) is 77.7 Å². The van der Waals surface area contributed by atoms with Crippen LogP contribution in [0.25, 0.3) is 0 Å². The number of para-hydroxylation sites is 2. The molecule has 0 bridgehead atoms. The van der Waals surface area contributed by atoms with E-state index in [-0.39, 0.29) is 22.0 Å². The summed E-state index contributed by atoms with van der Waals surface area (Å²) >= 11 is 6.07. The maximum atomic E-state index is 12.7. The number of rotatable bonds is 9. The van der Waals surface area contributed by atoms with E-state index in [1.807, 2.05) is 6.07 Å². The van der Waals surface area contributed by atoms with E-state index >= 15 is 0 Å². The molecule has 0 spiro atoms. The van der Waals surface area contributed by atoms with Gasteiger partial charge in [0.15, 0.2) is 6.61 Å². The van der Waals surface area contributed by atoms with Crippen molar-refractivity contribution >= 4 is 39.2 Å². The highest BCUT2D eigenvalue weighted by Gasteiger charge is 2.21. The van der Waals surface area contributed by atoms with Crippen molar-refractivity contribution in [3.8, 4) is 5.75 Å². The maximum absolute atomic E-state index is 12.7. The topological polar surface area (TPSA) is 111 Å². The number of benzene rings is 3.